The average molecular weight is 245 g/mol. The monoisotopic (exact) mass is 245 g/mol. The number of hydrogen-bond donors (Lipinski definition) is 2. The Labute approximate surface area is 100 Å². The second-order valence-electron chi connectivity index (χ2n) is 5.06. The molecule has 1 aliphatic rings. The van der Waals surface area contributed by atoms with Crippen molar-refractivity contribution in [2.75, 3.05) is 13.2 Å². The molecule has 0 radical (unpaired) electrons. The van der Waals surface area contributed by atoms with Crippen molar-refractivity contribution in [3.63, 3.8) is 0 Å². The summed E-state index contributed by atoms with van der Waals surface area (Å²) in [5, 5.41) is 11.4. The van der Waals surface area contributed by atoms with Gasteiger partial charge in [0, 0.05) is 19.1 Å². The molecule has 1 rings (SSSR count). The number of ether oxygens (including phenoxy) is 2. The molecule has 17 heavy (non-hydrogen) atoms. The van der Waals surface area contributed by atoms with Gasteiger partial charge in [0.05, 0.1) is 0 Å². The van der Waals surface area contributed by atoms with Crippen molar-refractivity contribution in [2.24, 2.45) is 5.92 Å². The van der Waals surface area contributed by atoms with Crippen molar-refractivity contribution in [3.8, 4) is 0 Å². The van der Waals surface area contributed by atoms with Crippen LogP contribution in [0, 0.1) is 5.92 Å². The number of nitrogens with one attached hydrogen (secondary N) is 1. The Bertz CT molecular complexity index is 297. The van der Waals surface area contributed by atoms with Gasteiger partial charge in [-0.05, 0) is 27.2 Å². The molecule has 2 atom stereocenters. The molecule has 1 amide bonds. The third kappa shape index (κ3) is 4.60. The predicted molar refractivity (Wildman–Crippen MR) is 59.7 cm³/mol. The number of carboxylic acids is 1. The molecule has 6 nitrogen and oxygen atoms in total. The predicted octanol–water partition coefficient (Wildman–Crippen LogP) is 1.00. The number of hydrogen-bond acceptors (Lipinski definition) is 4. The first kappa shape index (κ1) is 13.8. The van der Waals surface area contributed by atoms with Crippen LogP contribution in [0.3, 0.4) is 0 Å². The summed E-state index contributed by atoms with van der Waals surface area (Å²) in [6, 6.07) is 0. The topological polar surface area (TPSA) is 84.9 Å². The maximum atomic E-state index is 11.4. The highest BCUT2D eigenvalue weighted by molar-refractivity contribution is 5.73. The van der Waals surface area contributed by atoms with Crippen LogP contribution in [0.1, 0.15) is 27.2 Å². The van der Waals surface area contributed by atoms with Gasteiger partial charge in [-0.3, -0.25) is 0 Å². The highest BCUT2D eigenvalue weighted by Gasteiger charge is 2.34. The Morgan fingerprint density at radius 3 is 2.65 bits per heavy atom. The maximum absolute atomic E-state index is 11.4. The minimum absolute atomic E-state index is 0.194. The van der Waals surface area contributed by atoms with Gasteiger partial charge in [-0.15, -0.1) is 0 Å². The minimum atomic E-state index is -0.988. The summed E-state index contributed by atoms with van der Waals surface area (Å²) in [5.41, 5.74) is -0.553. The van der Waals surface area contributed by atoms with Gasteiger partial charge < -0.3 is 19.9 Å². The smallest absolute Gasteiger partial charge is 0.407 e. The van der Waals surface area contributed by atoms with Crippen molar-refractivity contribution in [3.05, 3.63) is 0 Å². The van der Waals surface area contributed by atoms with Crippen LogP contribution in [0.2, 0.25) is 0 Å². The molecule has 0 aliphatic carbocycles. The molecule has 1 heterocycles. The molecule has 0 unspecified atom stereocenters. The molecule has 98 valence electrons. The summed E-state index contributed by atoms with van der Waals surface area (Å²) in [4.78, 5) is 22.2. The first-order valence-electron chi connectivity index (χ1n) is 5.61. The lowest BCUT2D eigenvalue weighted by molar-refractivity contribution is -0.149. The van der Waals surface area contributed by atoms with Crippen molar-refractivity contribution in [1.29, 1.82) is 0 Å². The molecule has 0 spiro atoms. The van der Waals surface area contributed by atoms with Crippen molar-refractivity contribution < 1.29 is 24.2 Å². The number of carbonyl (C=O) groups is 2. The molecule has 0 aromatic heterocycles. The number of aliphatic carboxylic acids is 1. The van der Waals surface area contributed by atoms with Crippen LogP contribution in [0.5, 0.6) is 0 Å². The van der Waals surface area contributed by atoms with Gasteiger partial charge in [0.2, 0.25) is 0 Å². The van der Waals surface area contributed by atoms with E-state index in [1.54, 1.807) is 20.8 Å². The van der Waals surface area contributed by atoms with Gasteiger partial charge in [0.15, 0.2) is 6.10 Å². The molecule has 0 saturated carbocycles. The summed E-state index contributed by atoms with van der Waals surface area (Å²) in [5.74, 6) is -1.18. The molecule has 0 aromatic carbocycles. The molecule has 1 saturated heterocycles. The molecular formula is C11H19NO5. The number of carboxylic acid groups (broad SMARTS) is 1. The number of alkyl carbamates (subject to hydrolysis) is 1. The highest BCUT2D eigenvalue weighted by Crippen LogP contribution is 2.20. The SMILES string of the molecule is CC(C)(C)OC(=O)NC[C@H]1CCO[C@H]1C(=O)O. The molecule has 2 N–H and O–H groups in total. The normalized spacial score (nSPS) is 24.4. The molecule has 0 aromatic rings. The van der Waals surface area contributed by atoms with E-state index in [4.69, 9.17) is 14.6 Å². The summed E-state index contributed by atoms with van der Waals surface area (Å²) in [6.45, 7) is 5.98. The zero-order valence-electron chi connectivity index (χ0n) is 10.4. The van der Waals surface area contributed by atoms with Gasteiger partial charge in [0.1, 0.15) is 5.60 Å². The van der Waals surface area contributed by atoms with E-state index in [0.717, 1.165) is 0 Å². The zero-order valence-corrected chi connectivity index (χ0v) is 10.4. The summed E-state index contributed by atoms with van der Waals surface area (Å²) < 4.78 is 10.1. The average Bonchev–Trinajstić information content (AvgIpc) is 2.59. The van der Waals surface area contributed by atoms with Crippen LogP contribution in [0.15, 0.2) is 0 Å². The lowest BCUT2D eigenvalue weighted by Gasteiger charge is -2.21. The Balaban J connectivity index is 2.35. The second-order valence-corrected chi connectivity index (χ2v) is 5.06. The number of carbonyl (C=O) groups excluding carboxylic acids is 1. The van der Waals surface area contributed by atoms with E-state index in [0.29, 0.717) is 13.0 Å². The van der Waals surface area contributed by atoms with E-state index >= 15 is 0 Å². The molecule has 0 bridgehead atoms. The third-order valence-electron chi connectivity index (χ3n) is 2.37. The zero-order chi connectivity index (χ0) is 13.1. The van der Waals surface area contributed by atoms with Crippen LogP contribution in [-0.4, -0.2) is 42.0 Å². The first-order valence-corrected chi connectivity index (χ1v) is 5.61. The summed E-state index contributed by atoms with van der Waals surface area (Å²) in [6.07, 6.45) is -0.731. The van der Waals surface area contributed by atoms with E-state index in [-0.39, 0.29) is 12.5 Å². The van der Waals surface area contributed by atoms with Crippen LogP contribution >= 0.6 is 0 Å². The number of rotatable bonds is 3. The standard InChI is InChI=1S/C11H19NO5/c1-11(2,3)17-10(15)12-6-7-4-5-16-8(7)9(13)14/h7-8H,4-6H2,1-3H3,(H,12,15)(H,13,14)/t7-,8-/m1/s1. The van der Waals surface area contributed by atoms with Crippen LogP contribution in [0.25, 0.3) is 0 Å². The van der Waals surface area contributed by atoms with Gasteiger partial charge in [-0.1, -0.05) is 0 Å². The molecular weight excluding hydrogens is 226 g/mol. The van der Waals surface area contributed by atoms with Crippen LogP contribution in [-0.2, 0) is 14.3 Å². The quantitative estimate of drug-likeness (QED) is 0.774. The van der Waals surface area contributed by atoms with Gasteiger partial charge in [0.25, 0.3) is 0 Å². The van der Waals surface area contributed by atoms with Gasteiger partial charge in [-0.25, -0.2) is 9.59 Å². The summed E-state index contributed by atoms with van der Waals surface area (Å²) >= 11 is 0. The van der Waals surface area contributed by atoms with Crippen LogP contribution in [0.4, 0.5) is 4.79 Å². The van der Waals surface area contributed by atoms with E-state index in [1.165, 1.54) is 0 Å². The molecule has 6 heteroatoms. The fourth-order valence-corrected chi connectivity index (χ4v) is 1.64. The molecule has 1 fully saturated rings. The van der Waals surface area contributed by atoms with Gasteiger partial charge >= 0.3 is 12.1 Å². The fourth-order valence-electron chi connectivity index (χ4n) is 1.64. The lowest BCUT2D eigenvalue weighted by atomic mass is 10.0. The lowest BCUT2D eigenvalue weighted by Crippen LogP contribution is -2.39. The van der Waals surface area contributed by atoms with E-state index in [1.807, 2.05) is 0 Å². The van der Waals surface area contributed by atoms with Crippen molar-refractivity contribution >= 4 is 12.1 Å². The Kier molecular flexibility index (Phi) is 4.34. The maximum Gasteiger partial charge on any atom is 0.407 e. The fraction of sp³-hybridized carbons (Fsp3) is 0.818. The van der Waals surface area contributed by atoms with Crippen molar-refractivity contribution in [2.45, 2.75) is 38.9 Å². The van der Waals surface area contributed by atoms with E-state index in [9.17, 15) is 9.59 Å². The largest absolute Gasteiger partial charge is 0.479 e. The minimum Gasteiger partial charge on any atom is -0.479 e. The first-order chi connectivity index (χ1) is 7.79. The Hall–Kier alpha value is -1.30. The third-order valence-corrected chi connectivity index (χ3v) is 2.37. The van der Waals surface area contributed by atoms with E-state index in [2.05, 4.69) is 5.32 Å². The van der Waals surface area contributed by atoms with Crippen LogP contribution < -0.4 is 5.32 Å². The Morgan fingerprint density at radius 1 is 1.47 bits per heavy atom. The van der Waals surface area contributed by atoms with E-state index < -0.39 is 23.8 Å². The van der Waals surface area contributed by atoms with Crippen molar-refractivity contribution in [1.82, 2.24) is 5.32 Å². The Morgan fingerprint density at radius 2 is 2.12 bits per heavy atom. The summed E-state index contributed by atoms with van der Waals surface area (Å²) in [7, 11) is 0. The molecule has 1 aliphatic heterocycles. The number of amides is 1. The van der Waals surface area contributed by atoms with Gasteiger partial charge in [-0.2, -0.15) is 0 Å². The second kappa shape index (κ2) is 5.35. The highest BCUT2D eigenvalue weighted by atomic mass is 16.6.